The van der Waals surface area contributed by atoms with Crippen molar-refractivity contribution >= 4 is 69.4 Å². The van der Waals surface area contributed by atoms with Crippen LogP contribution in [0.2, 0.25) is 10.0 Å². The molecule has 1 heterocycles. The van der Waals surface area contributed by atoms with Gasteiger partial charge >= 0.3 is 0 Å². The average Bonchev–Trinajstić information content (AvgIpc) is 2.89. The number of thiocarbonyl (C=S) groups is 1. The van der Waals surface area contributed by atoms with Gasteiger partial charge in [0.05, 0.1) is 9.93 Å². The molecule has 2 amide bonds. The molecule has 0 atom stereocenters. The SMILES string of the molecule is O=C(COc1ccc(Cl)cc1Cl)NN1C(=O)C(=Cc2ccccc2)SC1=S. The van der Waals surface area contributed by atoms with Crippen LogP contribution in [-0.4, -0.2) is 27.8 Å². The van der Waals surface area contributed by atoms with Crippen LogP contribution in [0, 0.1) is 0 Å². The Hall–Kier alpha value is -2.06. The Morgan fingerprint density at radius 3 is 2.67 bits per heavy atom. The van der Waals surface area contributed by atoms with Crippen molar-refractivity contribution in [1.82, 2.24) is 10.4 Å². The molecule has 0 spiro atoms. The maximum Gasteiger partial charge on any atom is 0.285 e. The fourth-order valence-electron chi connectivity index (χ4n) is 2.16. The number of hydrogen-bond donors (Lipinski definition) is 1. The first kappa shape index (κ1) is 19.7. The summed E-state index contributed by atoms with van der Waals surface area (Å²) in [6.45, 7) is -0.337. The molecule has 3 rings (SSSR count). The highest BCUT2D eigenvalue weighted by Crippen LogP contribution is 2.31. The first-order valence-corrected chi connectivity index (χ1v) is 9.62. The summed E-state index contributed by atoms with van der Waals surface area (Å²) in [5.74, 6) is -0.629. The molecule has 138 valence electrons. The van der Waals surface area contributed by atoms with Crippen LogP contribution in [0.1, 0.15) is 5.56 Å². The molecule has 2 aromatic carbocycles. The lowest BCUT2D eigenvalue weighted by atomic mass is 10.2. The van der Waals surface area contributed by atoms with Crippen molar-refractivity contribution in [2.24, 2.45) is 0 Å². The van der Waals surface area contributed by atoms with E-state index in [1.54, 1.807) is 18.2 Å². The molecule has 0 aliphatic carbocycles. The first-order chi connectivity index (χ1) is 12.9. The molecular weight excluding hydrogens is 427 g/mol. The van der Waals surface area contributed by atoms with Gasteiger partial charge in [-0.3, -0.25) is 15.0 Å². The molecule has 27 heavy (non-hydrogen) atoms. The number of nitrogens with one attached hydrogen (secondary N) is 1. The number of benzene rings is 2. The topological polar surface area (TPSA) is 58.6 Å². The molecule has 0 saturated carbocycles. The highest BCUT2D eigenvalue weighted by atomic mass is 35.5. The minimum atomic E-state index is -0.543. The van der Waals surface area contributed by atoms with E-state index in [2.05, 4.69) is 5.43 Å². The van der Waals surface area contributed by atoms with E-state index in [0.29, 0.717) is 15.7 Å². The van der Waals surface area contributed by atoms with E-state index in [0.717, 1.165) is 22.3 Å². The van der Waals surface area contributed by atoms with Gasteiger partial charge in [-0.2, -0.15) is 5.01 Å². The molecule has 1 saturated heterocycles. The third-order valence-electron chi connectivity index (χ3n) is 3.38. The van der Waals surface area contributed by atoms with Crippen LogP contribution < -0.4 is 10.2 Å². The van der Waals surface area contributed by atoms with E-state index in [-0.39, 0.29) is 16.0 Å². The molecule has 5 nitrogen and oxygen atoms in total. The Balaban J connectivity index is 1.61. The normalized spacial score (nSPS) is 15.3. The molecule has 1 fully saturated rings. The van der Waals surface area contributed by atoms with Gasteiger partial charge in [0.2, 0.25) is 0 Å². The quantitative estimate of drug-likeness (QED) is 0.556. The van der Waals surface area contributed by atoms with Gasteiger partial charge in [0.1, 0.15) is 5.75 Å². The molecule has 0 bridgehead atoms. The van der Waals surface area contributed by atoms with E-state index in [1.807, 2.05) is 30.3 Å². The molecule has 1 N–H and O–H groups in total. The highest BCUT2D eigenvalue weighted by molar-refractivity contribution is 8.26. The molecule has 1 aliphatic heterocycles. The fraction of sp³-hybridized carbons (Fsp3) is 0.0556. The fourth-order valence-corrected chi connectivity index (χ4v) is 3.80. The van der Waals surface area contributed by atoms with Crippen molar-refractivity contribution in [3.8, 4) is 5.75 Å². The van der Waals surface area contributed by atoms with Crippen LogP contribution in [-0.2, 0) is 9.59 Å². The standard InChI is InChI=1S/C18H12Cl2N2O3S2/c19-12-6-7-14(13(20)9-12)25-10-16(23)21-22-17(24)15(27-18(22)26)8-11-4-2-1-3-5-11/h1-9H,10H2,(H,21,23). The van der Waals surface area contributed by atoms with Gasteiger partial charge < -0.3 is 4.74 Å². The molecule has 0 radical (unpaired) electrons. The Kier molecular flexibility index (Phi) is 6.38. The van der Waals surface area contributed by atoms with Crippen LogP contribution >= 0.6 is 47.2 Å². The van der Waals surface area contributed by atoms with Crippen LogP contribution in [0.25, 0.3) is 6.08 Å². The van der Waals surface area contributed by atoms with Crippen LogP contribution in [0.3, 0.4) is 0 Å². The van der Waals surface area contributed by atoms with Gasteiger partial charge in [-0.15, -0.1) is 0 Å². The number of rotatable bonds is 5. The maximum atomic E-state index is 12.5. The van der Waals surface area contributed by atoms with E-state index in [9.17, 15) is 9.59 Å². The molecule has 2 aromatic rings. The van der Waals surface area contributed by atoms with Crippen molar-refractivity contribution < 1.29 is 14.3 Å². The van der Waals surface area contributed by atoms with Gasteiger partial charge in [-0.25, -0.2) is 0 Å². The van der Waals surface area contributed by atoms with E-state index in [1.165, 1.54) is 6.07 Å². The zero-order valence-corrected chi connectivity index (χ0v) is 16.8. The smallest absolute Gasteiger partial charge is 0.285 e. The van der Waals surface area contributed by atoms with Gasteiger partial charge in [-0.1, -0.05) is 65.3 Å². The summed E-state index contributed by atoms with van der Waals surface area (Å²) in [5.41, 5.74) is 3.31. The predicted molar refractivity (Wildman–Crippen MR) is 112 cm³/mol. The van der Waals surface area contributed by atoms with Crippen molar-refractivity contribution in [3.05, 3.63) is 69.0 Å². The molecule has 0 unspecified atom stereocenters. The summed E-state index contributed by atoms with van der Waals surface area (Å²) in [6, 6.07) is 14.0. The molecule has 9 heteroatoms. The molecule has 1 aliphatic rings. The number of hydrogen-bond acceptors (Lipinski definition) is 5. The number of ether oxygens (including phenoxy) is 1. The first-order valence-electron chi connectivity index (χ1n) is 7.64. The third-order valence-corrected chi connectivity index (χ3v) is 5.21. The lowest BCUT2D eigenvalue weighted by Crippen LogP contribution is -2.46. The van der Waals surface area contributed by atoms with Crippen molar-refractivity contribution in [3.63, 3.8) is 0 Å². The number of nitrogens with zero attached hydrogens (tertiary/aromatic N) is 1. The monoisotopic (exact) mass is 438 g/mol. The minimum absolute atomic E-state index is 0.236. The maximum absolute atomic E-state index is 12.5. The number of thioether (sulfide) groups is 1. The zero-order valence-electron chi connectivity index (χ0n) is 13.6. The van der Waals surface area contributed by atoms with Crippen LogP contribution in [0.15, 0.2) is 53.4 Å². The van der Waals surface area contributed by atoms with E-state index < -0.39 is 11.8 Å². The highest BCUT2D eigenvalue weighted by Gasteiger charge is 2.33. The summed E-state index contributed by atoms with van der Waals surface area (Å²) in [5, 5.41) is 1.77. The summed E-state index contributed by atoms with van der Waals surface area (Å²) in [7, 11) is 0. The second kappa shape index (κ2) is 8.75. The van der Waals surface area contributed by atoms with Gasteiger partial charge in [0.15, 0.2) is 10.9 Å². The number of carbonyl (C=O) groups excluding carboxylic acids is 2. The van der Waals surface area contributed by atoms with Gasteiger partial charge in [0, 0.05) is 5.02 Å². The Bertz CT molecular complexity index is 935. The van der Waals surface area contributed by atoms with Gasteiger partial charge in [0.25, 0.3) is 11.8 Å². The molecular formula is C18H12Cl2N2O3S2. The van der Waals surface area contributed by atoms with Crippen molar-refractivity contribution in [1.29, 1.82) is 0 Å². The van der Waals surface area contributed by atoms with Gasteiger partial charge in [-0.05, 0) is 42.1 Å². The van der Waals surface area contributed by atoms with Crippen molar-refractivity contribution in [2.45, 2.75) is 0 Å². The van der Waals surface area contributed by atoms with E-state index >= 15 is 0 Å². The molecule has 0 aromatic heterocycles. The summed E-state index contributed by atoms with van der Waals surface area (Å²) in [6.07, 6.45) is 1.72. The largest absolute Gasteiger partial charge is 0.482 e. The summed E-state index contributed by atoms with van der Waals surface area (Å²) >= 11 is 18.1. The number of hydrazine groups is 1. The summed E-state index contributed by atoms with van der Waals surface area (Å²) in [4.78, 5) is 25.0. The number of halogens is 2. The van der Waals surface area contributed by atoms with Crippen LogP contribution in [0.5, 0.6) is 5.75 Å². The van der Waals surface area contributed by atoms with Crippen LogP contribution in [0.4, 0.5) is 0 Å². The van der Waals surface area contributed by atoms with E-state index in [4.69, 9.17) is 40.2 Å². The second-order valence-electron chi connectivity index (χ2n) is 5.33. The lowest BCUT2D eigenvalue weighted by molar-refractivity contribution is -0.134. The zero-order chi connectivity index (χ0) is 19.4. The Labute approximate surface area is 175 Å². The average molecular weight is 439 g/mol. The lowest BCUT2D eigenvalue weighted by Gasteiger charge is -2.16. The predicted octanol–water partition coefficient (Wildman–Crippen LogP) is 4.30. The Morgan fingerprint density at radius 1 is 1.22 bits per heavy atom. The summed E-state index contributed by atoms with van der Waals surface area (Å²) < 4.78 is 5.59. The van der Waals surface area contributed by atoms with Crippen molar-refractivity contribution in [2.75, 3.05) is 6.61 Å². The minimum Gasteiger partial charge on any atom is -0.482 e. The Morgan fingerprint density at radius 2 is 1.96 bits per heavy atom. The second-order valence-corrected chi connectivity index (χ2v) is 7.85. The third kappa shape index (κ3) is 5.01. The number of amides is 2. The number of carbonyl (C=O) groups is 2.